The molecule has 0 saturated carbocycles. The fraction of sp³-hybridized carbons (Fsp3) is 0.692. The molecule has 6 heteroatoms. The number of aromatic nitrogens is 5. The molecule has 0 spiro atoms. The van der Waals surface area contributed by atoms with Crippen LogP contribution < -0.4 is 4.90 Å². The molecule has 3 rings (SSSR count). The van der Waals surface area contributed by atoms with Crippen molar-refractivity contribution in [2.75, 3.05) is 4.90 Å². The molecule has 0 N–H and O–H groups in total. The standard InChI is InChI=1S/C13H20N6/c1-4-18-12-11(16-17-18)13(15-8-14-12)19-9(2)6-5-7-10(19)3/h8-10H,4-7H2,1-3H3. The van der Waals surface area contributed by atoms with Crippen LogP contribution in [0, 0.1) is 0 Å². The van der Waals surface area contributed by atoms with Crippen LogP contribution in [-0.2, 0) is 6.54 Å². The molecule has 6 nitrogen and oxygen atoms in total. The van der Waals surface area contributed by atoms with Gasteiger partial charge in [0.2, 0.25) is 0 Å². The van der Waals surface area contributed by atoms with Gasteiger partial charge >= 0.3 is 0 Å². The lowest BCUT2D eigenvalue weighted by atomic mass is 9.97. The summed E-state index contributed by atoms with van der Waals surface area (Å²) in [6.07, 6.45) is 5.32. The lowest BCUT2D eigenvalue weighted by molar-refractivity contribution is 0.412. The van der Waals surface area contributed by atoms with Gasteiger partial charge in [-0.05, 0) is 40.0 Å². The van der Waals surface area contributed by atoms with Gasteiger partial charge in [-0.3, -0.25) is 0 Å². The van der Waals surface area contributed by atoms with E-state index < -0.39 is 0 Å². The molecular weight excluding hydrogens is 240 g/mol. The third-order valence-corrected chi connectivity index (χ3v) is 4.02. The molecule has 0 aliphatic carbocycles. The van der Waals surface area contributed by atoms with Crippen LogP contribution in [0.25, 0.3) is 11.2 Å². The minimum Gasteiger partial charge on any atom is -0.349 e. The quantitative estimate of drug-likeness (QED) is 0.826. The van der Waals surface area contributed by atoms with E-state index in [1.165, 1.54) is 19.3 Å². The van der Waals surface area contributed by atoms with Crippen LogP contribution in [0.2, 0.25) is 0 Å². The van der Waals surface area contributed by atoms with Crippen LogP contribution >= 0.6 is 0 Å². The van der Waals surface area contributed by atoms with Crippen LogP contribution in [0.15, 0.2) is 6.33 Å². The van der Waals surface area contributed by atoms with Crippen molar-refractivity contribution in [1.82, 2.24) is 25.0 Å². The number of piperidine rings is 1. The topological polar surface area (TPSA) is 59.7 Å². The molecule has 1 aliphatic rings. The average molecular weight is 260 g/mol. The van der Waals surface area contributed by atoms with E-state index in [-0.39, 0.29) is 0 Å². The highest BCUT2D eigenvalue weighted by molar-refractivity contribution is 5.82. The van der Waals surface area contributed by atoms with Crippen LogP contribution in [0.5, 0.6) is 0 Å². The van der Waals surface area contributed by atoms with Crippen molar-refractivity contribution in [3.63, 3.8) is 0 Å². The first kappa shape index (κ1) is 12.3. The Labute approximate surface area is 112 Å². The van der Waals surface area contributed by atoms with Crippen LogP contribution in [0.3, 0.4) is 0 Å². The summed E-state index contributed by atoms with van der Waals surface area (Å²) in [6, 6.07) is 0.988. The van der Waals surface area contributed by atoms with E-state index in [2.05, 4.69) is 39.0 Å². The second-order valence-electron chi connectivity index (χ2n) is 5.31. The van der Waals surface area contributed by atoms with Crippen molar-refractivity contribution >= 4 is 17.0 Å². The first-order valence-corrected chi connectivity index (χ1v) is 7.05. The molecule has 1 saturated heterocycles. The van der Waals surface area contributed by atoms with Gasteiger partial charge in [0.05, 0.1) is 0 Å². The minimum atomic E-state index is 0.494. The summed E-state index contributed by atoms with van der Waals surface area (Å²) >= 11 is 0. The highest BCUT2D eigenvalue weighted by Crippen LogP contribution is 2.30. The summed E-state index contributed by atoms with van der Waals surface area (Å²) in [5, 5.41) is 8.44. The Morgan fingerprint density at radius 1 is 1.21 bits per heavy atom. The van der Waals surface area contributed by atoms with E-state index in [0.29, 0.717) is 12.1 Å². The van der Waals surface area contributed by atoms with Crippen molar-refractivity contribution in [3.05, 3.63) is 6.33 Å². The average Bonchev–Trinajstić information content (AvgIpc) is 2.82. The smallest absolute Gasteiger partial charge is 0.183 e. The summed E-state index contributed by atoms with van der Waals surface area (Å²) in [6.45, 7) is 7.34. The van der Waals surface area contributed by atoms with Gasteiger partial charge in [-0.2, -0.15) is 0 Å². The molecule has 1 fully saturated rings. The zero-order chi connectivity index (χ0) is 13.4. The van der Waals surface area contributed by atoms with Crippen LogP contribution in [0.1, 0.15) is 40.0 Å². The fourth-order valence-electron chi connectivity index (χ4n) is 3.02. The molecule has 19 heavy (non-hydrogen) atoms. The molecule has 0 aromatic carbocycles. The van der Waals surface area contributed by atoms with E-state index in [4.69, 9.17) is 0 Å². The molecule has 2 aromatic rings. The molecule has 3 heterocycles. The number of hydrogen-bond acceptors (Lipinski definition) is 5. The minimum absolute atomic E-state index is 0.494. The lowest BCUT2D eigenvalue weighted by Gasteiger charge is -2.39. The summed E-state index contributed by atoms with van der Waals surface area (Å²) < 4.78 is 1.82. The third-order valence-electron chi connectivity index (χ3n) is 4.02. The van der Waals surface area contributed by atoms with Gasteiger partial charge in [0, 0.05) is 18.6 Å². The van der Waals surface area contributed by atoms with Crippen LogP contribution in [-0.4, -0.2) is 37.0 Å². The van der Waals surface area contributed by atoms with Crippen LogP contribution in [0.4, 0.5) is 5.82 Å². The molecule has 0 bridgehead atoms. The fourth-order valence-corrected chi connectivity index (χ4v) is 3.02. The largest absolute Gasteiger partial charge is 0.349 e. The van der Waals surface area contributed by atoms with Crippen molar-refractivity contribution in [1.29, 1.82) is 0 Å². The van der Waals surface area contributed by atoms with E-state index >= 15 is 0 Å². The Bertz CT molecular complexity index is 568. The molecular formula is C13H20N6. The maximum atomic E-state index is 4.48. The van der Waals surface area contributed by atoms with Gasteiger partial charge < -0.3 is 4.90 Å². The van der Waals surface area contributed by atoms with Gasteiger partial charge in [0.15, 0.2) is 17.0 Å². The third kappa shape index (κ3) is 1.95. The Hall–Kier alpha value is -1.72. The predicted molar refractivity (Wildman–Crippen MR) is 74.0 cm³/mol. The van der Waals surface area contributed by atoms with Gasteiger partial charge in [-0.15, -0.1) is 5.10 Å². The zero-order valence-corrected chi connectivity index (χ0v) is 11.7. The molecule has 1 aliphatic heterocycles. The first-order chi connectivity index (χ1) is 9.22. The number of anilines is 1. The Kier molecular flexibility index (Phi) is 3.08. The van der Waals surface area contributed by atoms with Crippen molar-refractivity contribution in [2.24, 2.45) is 0 Å². The highest BCUT2D eigenvalue weighted by Gasteiger charge is 2.28. The monoisotopic (exact) mass is 260 g/mol. The highest BCUT2D eigenvalue weighted by atomic mass is 15.4. The van der Waals surface area contributed by atoms with E-state index in [9.17, 15) is 0 Å². The second kappa shape index (κ2) is 4.75. The number of nitrogens with zero attached hydrogens (tertiary/aromatic N) is 6. The van der Waals surface area contributed by atoms with E-state index in [1.807, 2.05) is 11.6 Å². The molecule has 2 unspecified atom stereocenters. The maximum absolute atomic E-state index is 4.48. The van der Waals surface area contributed by atoms with Crippen molar-refractivity contribution < 1.29 is 0 Å². The second-order valence-corrected chi connectivity index (χ2v) is 5.31. The summed E-state index contributed by atoms with van der Waals surface area (Å²) in [5.41, 5.74) is 1.66. The Morgan fingerprint density at radius 3 is 2.63 bits per heavy atom. The lowest BCUT2D eigenvalue weighted by Crippen LogP contribution is -2.44. The SMILES string of the molecule is CCn1nnc2c(N3C(C)CCCC3C)ncnc21. The van der Waals surface area contributed by atoms with Crippen molar-refractivity contribution in [2.45, 2.75) is 58.7 Å². The molecule has 2 aromatic heterocycles. The molecule has 0 amide bonds. The molecule has 2 atom stereocenters. The molecule has 0 radical (unpaired) electrons. The predicted octanol–water partition coefficient (Wildman–Crippen LogP) is 2.01. The van der Waals surface area contributed by atoms with E-state index in [0.717, 1.165) is 23.5 Å². The number of aryl methyl sites for hydroxylation is 1. The van der Waals surface area contributed by atoms with Gasteiger partial charge in [0.25, 0.3) is 0 Å². The first-order valence-electron chi connectivity index (χ1n) is 7.05. The zero-order valence-electron chi connectivity index (χ0n) is 11.7. The number of hydrogen-bond donors (Lipinski definition) is 0. The number of fused-ring (bicyclic) bond motifs is 1. The number of rotatable bonds is 2. The summed E-state index contributed by atoms with van der Waals surface area (Å²) in [4.78, 5) is 11.2. The maximum Gasteiger partial charge on any atom is 0.183 e. The van der Waals surface area contributed by atoms with Gasteiger partial charge in [0.1, 0.15) is 6.33 Å². The Balaban J connectivity index is 2.11. The van der Waals surface area contributed by atoms with E-state index in [1.54, 1.807) is 6.33 Å². The van der Waals surface area contributed by atoms with Crippen molar-refractivity contribution in [3.8, 4) is 0 Å². The Morgan fingerprint density at radius 2 is 1.95 bits per heavy atom. The van der Waals surface area contributed by atoms with Gasteiger partial charge in [-0.25, -0.2) is 14.6 Å². The normalized spacial score (nSPS) is 24.1. The summed E-state index contributed by atoms with van der Waals surface area (Å²) in [5.74, 6) is 0.935. The summed E-state index contributed by atoms with van der Waals surface area (Å²) in [7, 11) is 0. The van der Waals surface area contributed by atoms with Gasteiger partial charge in [-0.1, -0.05) is 5.21 Å². The molecule has 102 valence electrons.